The number of rotatable bonds is 17. The average Bonchev–Trinajstić information content (AvgIpc) is 3.94. The molecule has 13 heteroatoms. The van der Waals surface area contributed by atoms with Crippen molar-refractivity contribution in [3.05, 3.63) is 111 Å². The Morgan fingerprint density at radius 2 is 1.67 bits per heavy atom. The fourth-order valence-corrected chi connectivity index (χ4v) is 7.49. The molecular formula is C39H48N6O5S2. The molecule has 2 aromatic heterocycles. The van der Waals surface area contributed by atoms with Crippen molar-refractivity contribution in [3.8, 4) is 0 Å². The number of amides is 4. The van der Waals surface area contributed by atoms with E-state index in [2.05, 4.69) is 26.4 Å². The Hall–Kier alpha value is -4.59. The molecule has 5 rings (SSSR count). The fraction of sp³-hybridized carbons (Fsp3) is 0.410. The van der Waals surface area contributed by atoms with Gasteiger partial charge in [0, 0.05) is 24.7 Å². The summed E-state index contributed by atoms with van der Waals surface area (Å²) >= 11 is 2.83. The molecule has 2 aromatic carbocycles. The summed E-state index contributed by atoms with van der Waals surface area (Å²) in [5, 5.41) is 23.6. The molecule has 11 nitrogen and oxygen atoms in total. The van der Waals surface area contributed by atoms with Crippen molar-refractivity contribution in [2.45, 2.75) is 89.8 Å². The van der Waals surface area contributed by atoms with Gasteiger partial charge >= 0.3 is 12.1 Å². The van der Waals surface area contributed by atoms with Gasteiger partial charge in [0.25, 0.3) is 0 Å². The van der Waals surface area contributed by atoms with Crippen LogP contribution in [0.4, 0.5) is 9.59 Å². The monoisotopic (exact) mass is 744 g/mol. The first-order valence-electron chi connectivity index (χ1n) is 17.7. The molecule has 0 saturated carbocycles. The van der Waals surface area contributed by atoms with Crippen molar-refractivity contribution in [1.29, 1.82) is 0 Å². The number of hydrogen-bond donors (Lipinski definition) is 4. The highest BCUT2D eigenvalue weighted by Crippen LogP contribution is 2.30. The number of nitrogens with one attached hydrogen (secondary N) is 3. The molecule has 52 heavy (non-hydrogen) atoms. The molecule has 4 N–H and O–H groups in total. The van der Waals surface area contributed by atoms with E-state index >= 15 is 0 Å². The van der Waals surface area contributed by atoms with Gasteiger partial charge in [-0.15, -0.1) is 11.3 Å². The lowest BCUT2D eigenvalue weighted by Gasteiger charge is -2.30. The third kappa shape index (κ3) is 11.7. The maximum Gasteiger partial charge on any atom is 0.407 e. The number of nitrogens with zero attached hydrogens (tertiary/aromatic N) is 3. The second-order valence-electron chi connectivity index (χ2n) is 13.5. The third-order valence-corrected chi connectivity index (χ3v) is 10.6. The Morgan fingerprint density at radius 1 is 0.962 bits per heavy atom. The summed E-state index contributed by atoms with van der Waals surface area (Å²) in [6.45, 7) is 4.14. The Morgan fingerprint density at radius 3 is 2.31 bits per heavy atom. The zero-order chi connectivity index (χ0) is 36.9. The first kappa shape index (κ1) is 38.6. The van der Waals surface area contributed by atoms with E-state index < -0.39 is 30.3 Å². The van der Waals surface area contributed by atoms with E-state index in [0.29, 0.717) is 19.4 Å². The largest absolute Gasteiger partial charge is 0.444 e. The van der Waals surface area contributed by atoms with Gasteiger partial charge in [-0.2, -0.15) is 0 Å². The van der Waals surface area contributed by atoms with Gasteiger partial charge in [0.05, 0.1) is 29.3 Å². The van der Waals surface area contributed by atoms with E-state index in [9.17, 15) is 19.5 Å². The number of thiazole rings is 1. The van der Waals surface area contributed by atoms with Crippen LogP contribution >= 0.6 is 22.9 Å². The molecule has 4 atom stereocenters. The molecule has 4 amide bonds. The maximum atomic E-state index is 13.9. The summed E-state index contributed by atoms with van der Waals surface area (Å²) in [4.78, 5) is 47.3. The van der Waals surface area contributed by atoms with Crippen LogP contribution in [-0.2, 0) is 35.5 Å². The van der Waals surface area contributed by atoms with E-state index in [1.54, 1.807) is 30.6 Å². The van der Waals surface area contributed by atoms with Crippen LogP contribution in [0.1, 0.15) is 66.2 Å². The number of benzene rings is 2. The zero-order valence-electron chi connectivity index (χ0n) is 29.9. The molecule has 276 valence electrons. The van der Waals surface area contributed by atoms with Crippen LogP contribution < -0.4 is 16.0 Å². The predicted octanol–water partition coefficient (Wildman–Crippen LogP) is 6.35. The van der Waals surface area contributed by atoms with Crippen molar-refractivity contribution in [2.24, 2.45) is 5.92 Å². The molecule has 0 unspecified atom stereocenters. The highest BCUT2D eigenvalue weighted by atomic mass is 32.1. The van der Waals surface area contributed by atoms with Gasteiger partial charge in [0.15, 0.2) is 0 Å². The highest BCUT2D eigenvalue weighted by Gasteiger charge is 2.31. The van der Waals surface area contributed by atoms with Crippen LogP contribution in [0.3, 0.4) is 0 Å². The van der Waals surface area contributed by atoms with Crippen molar-refractivity contribution in [2.75, 3.05) is 7.05 Å². The van der Waals surface area contributed by atoms with Gasteiger partial charge in [0.2, 0.25) is 5.91 Å². The normalized spacial score (nSPS) is 14.9. The van der Waals surface area contributed by atoms with Gasteiger partial charge in [-0.3, -0.25) is 4.79 Å². The smallest absolute Gasteiger partial charge is 0.407 e. The number of aliphatic hydroxyl groups excluding tert-OH is 1. The van der Waals surface area contributed by atoms with Crippen molar-refractivity contribution < 1.29 is 24.2 Å². The van der Waals surface area contributed by atoms with E-state index in [1.165, 1.54) is 22.0 Å². The molecule has 0 saturated heterocycles. The number of allylic oxidation sites excluding steroid dienone is 2. The minimum absolute atomic E-state index is 0.0674. The van der Waals surface area contributed by atoms with Crippen molar-refractivity contribution >= 4 is 46.5 Å². The standard InChI is InChI=1S/C39H48N6O5S2/c1-26(2)35(44-38(48)45(3)23-31-25-51-37(42-31)29-16-10-11-17-29)36(47)41-30(20-27-12-6-4-7-13-27)22-34(46)33(21-28-14-8-5-9-15-28)43-39(49)50-24-32-18-19-40-52-32/h4-9,12-16,18-19,25-26,30,33-35,46H,10-11,17,20-24H2,1-3H3,(H,41,47)(H,43,49)(H,44,48)/t30-,33-,34-,35-/m0/s1. The average molecular weight is 745 g/mol. The molecule has 0 fully saturated rings. The summed E-state index contributed by atoms with van der Waals surface area (Å²) in [6, 6.07) is 18.6. The van der Waals surface area contributed by atoms with Gasteiger partial charge < -0.3 is 30.7 Å². The van der Waals surface area contributed by atoms with Crippen LogP contribution in [0.25, 0.3) is 5.57 Å². The second kappa shape index (κ2) is 19.3. The lowest BCUT2D eigenvalue weighted by molar-refractivity contribution is -0.124. The van der Waals surface area contributed by atoms with Crippen LogP contribution in [0.2, 0.25) is 0 Å². The minimum atomic E-state index is -1.05. The summed E-state index contributed by atoms with van der Waals surface area (Å²) < 4.78 is 9.47. The molecular weight excluding hydrogens is 697 g/mol. The number of hydrogen-bond acceptors (Lipinski definition) is 9. The van der Waals surface area contributed by atoms with Crippen LogP contribution in [0.15, 0.2) is 84.4 Å². The lowest BCUT2D eigenvalue weighted by Crippen LogP contribution is -2.55. The number of carbonyl (C=O) groups excluding carboxylic acids is 3. The molecule has 0 aliphatic heterocycles. The molecule has 0 bridgehead atoms. The number of carbonyl (C=O) groups is 3. The van der Waals surface area contributed by atoms with Crippen LogP contribution in [0, 0.1) is 5.92 Å². The number of ether oxygens (including phenoxy) is 1. The molecule has 2 heterocycles. The molecule has 1 aliphatic carbocycles. The number of urea groups is 1. The van der Waals surface area contributed by atoms with Gasteiger partial charge in [-0.1, -0.05) is 80.6 Å². The molecule has 0 spiro atoms. The number of aliphatic hydroxyl groups is 1. The van der Waals surface area contributed by atoms with Gasteiger partial charge in [-0.05, 0) is 78.7 Å². The molecule has 0 radical (unpaired) electrons. The quantitative estimate of drug-likeness (QED) is 0.0987. The van der Waals surface area contributed by atoms with Gasteiger partial charge in [-0.25, -0.2) is 18.9 Å². The summed E-state index contributed by atoms with van der Waals surface area (Å²) in [6.07, 6.45) is 6.32. The summed E-state index contributed by atoms with van der Waals surface area (Å²) in [5.41, 5.74) is 3.97. The topological polar surface area (TPSA) is 146 Å². The van der Waals surface area contributed by atoms with E-state index in [4.69, 9.17) is 9.72 Å². The Balaban J connectivity index is 1.26. The molecule has 4 aromatic rings. The SMILES string of the molecule is CC(C)[C@H](NC(=O)N(C)Cc1csc(C2=CCCC2)n1)C(=O)N[C@@H](Cc1ccccc1)C[C@H](O)[C@H](Cc1ccccc1)NC(=O)OCc1ccns1. The zero-order valence-corrected chi connectivity index (χ0v) is 31.5. The van der Waals surface area contributed by atoms with Crippen LogP contribution in [-0.4, -0.2) is 68.7 Å². The Labute approximate surface area is 313 Å². The van der Waals surface area contributed by atoms with Gasteiger partial charge in [0.1, 0.15) is 17.7 Å². The fourth-order valence-electron chi connectivity index (χ4n) is 6.12. The first-order chi connectivity index (χ1) is 25.1. The Bertz CT molecular complexity index is 1750. The lowest BCUT2D eigenvalue weighted by atomic mass is 9.93. The van der Waals surface area contributed by atoms with Crippen LogP contribution in [0.5, 0.6) is 0 Å². The second-order valence-corrected chi connectivity index (χ2v) is 15.3. The first-order valence-corrected chi connectivity index (χ1v) is 19.3. The maximum absolute atomic E-state index is 13.9. The van der Waals surface area contributed by atoms with Crippen molar-refractivity contribution in [3.63, 3.8) is 0 Å². The van der Waals surface area contributed by atoms with E-state index in [0.717, 1.165) is 46.0 Å². The van der Waals surface area contributed by atoms with E-state index in [1.807, 2.05) is 79.9 Å². The predicted molar refractivity (Wildman–Crippen MR) is 205 cm³/mol. The van der Waals surface area contributed by atoms with E-state index in [-0.39, 0.29) is 30.9 Å². The minimum Gasteiger partial charge on any atom is -0.444 e. The van der Waals surface area contributed by atoms with Crippen molar-refractivity contribution in [1.82, 2.24) is 30.2 Å². The molecule has 1 aliphatic rings. The summed E-state index contributed by atoms with van der Waals surface area (Å²) in [5.74, 6) is -0.578. The highest BCUT2D eigenvalue weighted by molar-refractivity contribution is 7.10. The third-order valence-electron chi connectivity index (χ3n) is 8.94. The summed E-state index contributed by atoms with van der Waals surface area (Å²) in [7, 11) is 1.69. The Kier molecular flexibility index (Phi) is 14.3. The number of aromatic nitrogens is 2. The number of alkyl carbamates (subject to hydrolysis) is 1.